The lowest BCUT2D eigenvalue weighted by Gasteiger charge is -2.32. The Bertz CT molecular complexity index is 3200. The van der Waals surface area contributed by atoms with Gasteiger partial charge in [0.1, 0.15) is 11.4 Å². The molecule has 0 bridgehead atoms. The first-order valence-corrected chi connectivity index (χ1v) is 43.4. The van der Waals surface area contributed by atoms with Crippen molar-refractivity contribution < 1.29 is 85.7 Å². The number of unbranched alkanes of at least 4 members (excludes halogenated alkanes) is 15. The Labute approximate surface area is 734 Å². The number of hydrogen-bond donors (Lipinski definition) is 1. The van der Waals surface area contributed by atoms with Crippen LogP contribution in [0.5, 0.6) is 0 Å². The molecule has 7 heterocycles. The molecule has 5 aromatic heterocycles. The molecule has 5 aromatic rings. The van der Waals surface area contributed by atoms with Crippen LogP contribution in [-0.2, 0) is 89.2 Å². The molecule has 3 unspecified atom stereocenters. The van der Waals surface area contributed by atoms with E-state index in [1.165, 1.54) is 154 Å². The monoisotopic (exact) mass is 1800 g/mol. The van der Waals surface area contributed by atoms with Crippen LogP contribution in [-0.4, -0.2) is 242 Å². The summed E-state index contributed by atoms with van der Waals surface area (Å²) in [6, 6.07) is 30.0. The highest BCUT2D eigenvalue weighted by Crippen LogP contribution is 2.29. The van der Waals surface area contributed by atoms with Crippen molar-refractivity contribution in [2.24, 2.45) is 0 Å². The summed E-state index contributed by atoms with van der Waals surface area (Å²) >= 11 is 2.53. The molecule has 2 aliphatic heterocycles. The summed E-state index contributed by atoms with van der Waals surface area (Å²) in [4.78, 5) is 102. The number of nitrogens with one attached hydrogen (secondary N) is 1. The van der Waals surface area contributed by atoms with Gasteiger partial charge in [0.2, 0.25) is 0 Å². The van der Waals surface area contributed by atoms with Crippen molar-refractivity contribution in [1.29, 1.82) is 0 Å². The first-order valence-electron chi connectivity index (χ1n) is 42.1. The second kappa shape index (κ2) is 84.3. The molecular formula is C92H152IN9O18. The summed E-state index contributed by atoms with van der Waals surface area (Å²) < 4.78 is 56.5. The molecule has 27 nitrogen and oxygen atoms in total. The van der Waals surface area contributed by atoms with Crippen LogP contribution in [0.15, 0.2) is 91.0 Å². The quantitative estimate of drug-likeness (QED) is 0.0186. The van der Waals surface area contributed by atoms with Gasteiger partial charge in [0, 0.05) is 88.2 Å². The zero-order chi connectivity index (χ0) is 85.7. The van der Waals surface area contributed by atoms with Gasteiger partial charge in [-0.05, 0) is 107 Å². The van der Waals surface area contributed by atoms with Crippen LogP contribution in [0.4, 0.5) is 0 Å². The van der Waals surface area contributed by atoms with Gasteiger partial charge in [-0.2, -0.15) is 28.8 Å². The largest absolute Gasteiger partial charge is 0.464 e. The number of halogens is 1. The molecule has 0 spiro atoms. The Morgan fingerprint density at radius 1 is 0.392 bits per heavy atom. The number of carbonyl (C=O) groups excluding carboxylic acids is 8. The van der Waals surface area contributed by atoms with E-state index in [0.717, 1.165) is 79.9 Å². The Hall–Kier alpha value is -6.92. The van der Waals surface area contributed by atoms with E-state index in [-0.39, 0.29) is 46.8 Å². The molecule has 7 rings (SSSR count). The molecule has 0 aromatic carbocycles. The van der Waals surface area contributed by atoms with Gasteiger partial charge in [-0.25, -0.2) is 19.6 Å². The molecule has 28 heteroatoms. The maximum Gasteiger partial charge on any atom is 0.373 e. The molecule has 1 N–H and O–H groups in total. The highest BCUT2D eigenvalue weighted by molar-refractivity contribution is 14.1. The number of aryl methyl sites for hydroxylation is 3. The second-order valence-electron chi connectivity index (χ2n) is 28.2. The molecule has 2 aliphatic rings. The van der Waals surface area contributed by atoms with E-state index < -0.39 is 11.9 Å². The third kappa shape index (κ3) is 63.9. The predicted octanol–water partition coefficient (Wildman–Crippen LogP) is 16.6. The van der Waals surface area contributed by atoms with Crippen LogP contribution in [0.2, 0.25) is 0 Å². The molecular weight excluding hydrogens is 1650 g/mol. The lowest BCUT2D eigenvalue weighted by molar-refractivity contribution is -0.193. The van der Waals surface area contributed by atoms with Crippen LogP contribution < -0.4 is 5.32 Å². The Morgan fingerprint density at radius 2 is 0.692 bits per heavy atom. The van der Waals surface area contributed by atoms with Gasteiger partial charge in [0.15, 0.2) is 0 Å². The maximum atomic E-state index is 11.9. The zero-order valence-electron chi connectivity index (χ0n) is 71.9. The zero-order valence-corrected chi connectivity index (χ0v) is 74.1. The molecule has 2 saturated heterocycles. The van der Waals surface area contributed by atoms with E-state index in [1.54, 1.807) is 12.1 Å². The molecule has 3 atom stereocenters. The van der Waals surface area contributed by atoms with Crippen molar-refractivity contribution in [3.8, 4) is 0 Å². The normalized spacial score (nSPS) is 15.3. The fourth-order valence-corrected chi connectivity index (χ4v) is 13.2. The van der Waals surface area contributed by atoms with Crippen LogP contribution in [0.25, 0.3) is 0 Å². The molecule has 0 aliphatic carbocycles. The van der Waals surface area contributed by atoms with Gasteiger partial charge in [-0.15, -0.1) is 0 Å². The number of hydrogen-bond acceptors (Lipinski definition) is 27. The van der Waals surface area contributed by atoms with Gasteiger partial charge in [-0.3, -0.25) is 29.7 Å². The predicted molar refractivity (Wildman–Crippen MR) is 477 cm³/mol. The van der Waals surface area contributed by atoms with Crippen LogP contribution in [0, 0.1) is 20.8 Å². The van der Waals surface area contributed by atoms with Crippen LogP contribution >= 0.6 is 22.6 Å². The molecule has 0 saturated carbocycles. The lowest BCUT2D eigenvalue weighted by atomic mass is 9.98. The average Bonchev–Trinajstić information content (AvgIpc) is 0.855. The number of esters is 2. The molecule has 0 amide bonds. The number of ether oxygens (including phenoxy) is 10. The summed E-state index contributed by atoms with van der Waals surface area (Å²) in [6.45, 7) is 31.8. The fraction of sp³-hybridized carbons (Fsp3) is 0.674. The molecule has 2 fully saturated rings. The highest BCUT2D eigenvalue weighted by Gasteiger charge is 2.23. The minimum atomic E-state index is -0.438. The van der Waals surface area contributed by atoms with E-state index >= 15 is 0 Å². The van der Waals surface area contributed by atoms with Crippen LogP contribution in [0.1, 0.15) is 267 Å². The van der Waals surface area contributed by atoms with E-state index in [4.69, 9.17) is 81.1 Å². The number of methoxy groups -OCH3 is 2. The first kappa shape index (κ1) is 117. The summed E-state index contributed by atoms with van der Waals surface area (Å²) in [7, 11) is 2.71. The van der Waals surface area contributed by atoms with E-state index in [9.17, 15) is 9.59 Å². The number of aromatic nitrogens is 5. The van der Waals surface area contributed by atoms with E-state index in [1.807, 2.05) is 24.3 Å². The van der Waals surface area contributed by atoms with Crippen LogP contribution in [0.3, 0.4) is 0 Å². The SMILES string of the molecule is C.C.C.CCCCCCCCC(C)c1cccc(C)n1.CCCCCCCCC(I)c1cccc(C)n1.CCCCCCCCC(c1cccc(C)n1)N1CCOCCOCCN(Cc2cccc(C(=O)OC)n2)CCOCCOCC1.COC(=O)c1cccc(CN2CCOCCOCCNCCOCCOCC2)n1.O=C=O.O=C=O.O=C=O. The van der Waals surface area contributed by atoms with Gasteiger partial charge in [0.05, 0.1) is 153 Å². The van der Waals surface area contributed by atoms with Crippen molar-refractivity contribution in [2.75, 3.05) is 172 Å². The van der Waals surface area contributed by atoms with Crippen molar-refractivity contribution in [2.45, 2.75) is 235 Å². The van der Waals surface area contributed by atoms with Crippen molar-refractivity contribution in [3.05, 3.63) is 148 Å². The average molecular weight is 1800 g/mol. The Kier molecular flexibility index (Phi) is 82.4. The molecule has 680 valence electrons. The third-order valence-electron chi connectivity index (χ3n) is 18.7. The van der Waals surface area contributed by atoms with Gasteiger partial charge in [0.25, 0.3) is 0 Å². The smallest absolute Gasteiger partial charge is 0.373 e. The third-order valence-corrected chi connectivity index (χ3v) is 20.0. The summed E-state index contributed by atoms with van der Waals surface area (Å²) in [5.41, 5.74) is 9.17. The van der Waals surface area contributed by atoms with Crippen molar-refractivity contribution in [1.82, 2.24) is 44.9 Å². The first-order chi connectivity index (χ1) is 57.1. The second-order valence-corrected chi connectivity index (χ2v) is 29.7. The maximum absolute atomic E-state index is 11.9. The highest BCUT2D eigenvalue weighted by atomic mass is 127. The fourth-order valence-electron chi connectivity index (χ4n) is 12.4. The Balaban J connectivity index is -0.00000157. The molecule has 120 heavy (non-hydrogen) atoms. The van der Waals surface area contributed by atoms with Gasteiger partial charge < -0.3 is 52.7 Å². The van der Waals surface area contributed by atoms with E-state index in [2.05, 4.69) is 166 Å². The minimum absolute atomic E-state index is 0. The summed E-state index contributed by atoms with van der Waals surface area (Å²) in [5.74, 6) is -0.263. The topological polar surface area (TPSA) is 315 Å². The summed E-state index contributed by atoms with van der Waals surface area (Å²) in [6.07, 6.45) is 28.6. The Morgan fingerprint density at radius 3 is 1.06 bits per heavy atom. The molecule has 0 radical (unpaired) electrons. The van der Waals surface area contributed by atoms with Crippen molar-refractivity contribution in [3.63, 3.8) is 0 Å². The number of nitrogens with zero attached hydrogens (tertiary/aromatic N) is 8. The lowest BCUT2D eigenvalue weighted by Crippen LogP contribution is -2.36. The minimum Gasteiger partial charge on any atom is -0.464 e. The van der Waals surface area contributed by atoms with Gasteiger partial charge >= 0.3 is 30.4 Å². The van der Waals surface area contributed by atoms with Gasteiger partial charge in [-0.1, -0.05) is 218 Å². The number of pyridine rings is 5. The summed E-state index contributed by atoms with van der Waals surface area (Å²) in [5, 5.41) is 3.26. The number of carbonyl (C=O) groups is 2. The standard InChI is InChI=1S/C35H56N4O6.C20H33N3O6.C16H27N.C15H24IN.3CO2.3CH4/c1-4-5-6-7-8-9-16-34(32-14-10-12-30(2)36-32)39-19-23-44-27-25-42-21-17-38(18-22-43-26-28-45-24-20-39)29-31-13-11-15-33(37-31)35(40)41-3;1-25-20(24)19-4-2-3-18(22-19)17-23-7-11-28-15-13-26-9-5-21-6-10-27-14-16-29-12-8-23;1-4-5-6-7-8-9-11-14(2)16-13-10-12-15(3)17-16;1-3-4-5-6-7-8-11-14(16)15-12-9-10-13(2)17-15;3*2-1-3;;;/h10-15,34H,4-9,16-29H2,1-3H3;2-4,21H,5-17H2,1H3;10,12-14H,4-9,11H2,1-3H3;9-10,12,14H,3-8,11H2,1-2H3;;;;3*1H4. The van der Waals surface area contributed by atoms with E-state index in [0.29, 0.717) is 153 Å². The van der Waals surface area contributed by atoms with Crippen molar-refractivity contribution >= 4 is 53.0 Å². The number of rotatable bonds is 31. The number of alkyl halides is 1.